The summed E-state index contributed by atoms with van der Waals surface area (Å²) in [6.07, 6.45) is 0. The Morgan fingerprint density at radius 3 is 2.53 bits per heavy atom. The molecule has 0 aliphatic carbocycles. The van der Waals surface area contributed by atoms with Crippen LogP contribution in [0.5, 0.6) is 0 Å². The molecule has 3 aromatic carbocycles. The highest BCUT2D eigenvalue weighted by atomic mass is 35.5. The van der Waals surface area contributed by atoms with E-state index < -0.39 is 0 Å². The number of anilines is 1. The Balaban J connectivity index is 1.55. The van der Waals surface area contributed by atoms with Crippen LogP contribution in [-0.4, -0.2) is 20.8 Å². The molecule has 0 bridgehead atoms. The van der Waals surface area contributed by atoms with Crippen LogP contribution in [-0.2, 0) is 12.3 Å². The number of thioether (sulfide) groups is 1. The first-order chi connectivity index (χ1) is 16.4. The molecular weight excluding hydrogens is 489 g/mol. The van der Waals surface area contributed by atoms with Crippen LogP contribution in [0.15, 0.2) is 71.9 Å². The Labute approximate surface area is 212 Å². The molecule has 0 fully saturated rings. The van der Waals surface area contributed by atoms with E-state index in [4.69, 9.17) is 23.2 Å². The van der Waals surface area contributed by atoms with E-state index in [0.717, 1.165) is 22.4 Å². The van der Waals surface area contributed by atoms with Crippen LogP contribution in [0.4, 0.5) is 10.5 Å². The average Bonchev–Trinajstić information content (AvgIpc) is 3.23. The van der Waals surface area contributed by atoms with Crippen molar-refractivity contribution in [1.82, 2.24) is 20.1 Å². The van der Waals surface area contributed by atoms with Gasteiger partial charge in [0.15, 0.2) is 11.0 Å². The number of aromatic nitrogens is 3. The minimum atomic E-state index is -0.339. The standard InChI is InChI=1S/C25H23Cl2N5OS/c1-16-8-10-20(12-17(16)2)29-24(33)28-14-23-30-31-25(34-15-18-6-4-3-5-7-18)32(23)22-13-19(26)9-11-21(22)27/h3-13H,14-15H2,1-2H3,(H2,28,29,33). The molecule has 0 radical (unpaired) electrons. The van der Waals surface area contributed by atoms with Crippen molar-refractivity contribution in [1.29, 1.82) is 0 Å². The second-order valence-corrected chi connectivity index (χ2v) is 9.50. The summed E-state index contributed by atoms with van der Waals surface area (Å²) in [6, 6.07) is 20.7. The molecule has 2 N–H and O–H groups in total. The first-order valence-corrected chi connectivity index (χ1v) is 12.3. The van der Waals surface area contributed by atoms with E-state index >= 15 is 0 Å². The van der Waals surface area contributed by atoms with Gasteiger partial charge in [0.05, 0.1) is 17.3 Å². The van der Waals surface area contributed by atoms with Crippen molar-refractivity contribution in [2.45, 2.75) is 31.3 Å². The fourth-order valence-corrected chi connectivity index (χ4v) is 4.57. The summed E-state index contributed by atoms with van der Waals surface area (Å²) in [7, 11) is 0. The molecular formula is C25H23Cl2N5OS. The summed E-state index contributed by atoms with van der Waals surface area (Å²) in [4.78, 5) is 12.5. The Morgan fingerprint density at radius 2 is 1.76 bits per heavy atom. The van der Waals surface area contributed by atoms with Crippen molar-refractivity contribution in [3.8, 4) is 5.69 Å². The van der Waals surface area contributed by atoms with Crippen LogP contribution in [0.25, 0.3) is 5.69 Å². The molecule has 0 spiro atoms. The van der Waals surface area contributed by atoms with Crippen molar-refractivity contribution >= 4 is 46.7 Å². The predicted octanol–water partition coefficient (Wildman–Crippen LogP) is 6.80. The molecule has 6 nitrogen and oxygen atoms in total. The van der Waals surface area contributed by atoms with Gasteiger partial charge in [-0.1, -0.05) is 71.4 Å². The zero-order valence-electron chi connectivity index (χ0n) is 18.7. The largest absolute Gasteiger partial charge is 0.331 e. The third-order valence-electron chi connectivity index (χ3n) is 5.23. The second-order valence-electron chi connectivity index (χ2n) is 7.71. The van der Waals surface area contributed by atoms with E-state index in [1.807, 2.05) is 54.8 Å². The van der Waals surface area contributed by atoms with Crippen molar-refractivity contribution < 1.29 is 4.79 Å². The van der Waals surface area contributed by atoms with Gasteiger partial charge in [-0.25, -0.2) is 4.79 Å². The maximum atomic E-state index is 12.5. The van der Waals surface area contributed by atoms with Gasteiger partial charge < -0.3 is 10.6 Å². The monoisotopic (exact) mass is 511 g/mol. The number of rotatable bonds is 7. The van der Waals surface area contributed by atoms with Gasteiger partial charge in [-0.15, -0.1) is 10.2 Å². The van der Waals surface area contributed by atoms with E-state index in [1.54, 1.807) is 18.2 Å². The van der Waals surface area contributed by atoms with Crippen molar-refractivity contribution in [2.24, 2.45) is 0 Å². The summed E-state index contributed by atoms with van der Waals surface area (Å²) in [5.41, 5.74) is 4.80. The summed E-state index contributed by atoms with van der Waals surface area (Å²) in [5, 5.41) is 16.1. The van der Waals surface area contributed by atoms with E-state index in [2.05, 4.69) is 33.0 Å². The van der Waals surface area contributed by atoms with Crippen LogP contribution >= 0.6 is 35.0 Å². The number of carbonyl (C=O) groups is 1. The number of nitrogens with zero attached hydrogens (tertiary/aromatic N) is 3. The summed E-state index contributed by atoms with van der Waals surface area (Å²) < 4.78 is 1.83. The van der Waals surface area contributed by atoms with E-state index in [0.29, 0.717) is 32.5 Å². The molecule has 0 aliphatic heterocycles. The van der Waals surface area contributed by atoms with E-state index in [9.17, 15) is 4.79 Å². The molecule has 174 valence electrons. The van der Waals surface area contributed by atoms with Gasteiger partial charge in [0.25, 0.3) is 0 Å². The van der Waals surface area contributed by atoms with Gasteiger partial charge in [-0.2, -0.15) is 0 Å². The maximum Gasteiger partial charge on any atom is 0.319 e. The molecule has 0 saturated heterocycles. The number of benzene rings is 3. The first-order valence-electron chi connectivity index (χ1n) is 10.6. The van der Waals surface area contributed by atoms with Gasteiger partial charge in [0.2, 0.25) is 0 Å². The summed E-state index contributed by atoms with van der Waals surface area (Å²) in [5.74, 6) is 1.24. The number of carbonyl (C=O) groups excluding carboxylic acids is 1. The SMILES string of the molecule is Cc1ccc(NC(=O)NCc2nnc(SCc3ccccc3)n2-c2cc(Cl)ccc2Cl)cc1C. The van der Waals surface area contributed by atoms with Crippen LogP contribution < -0.4 is 10.6 Å². The average molecular weight is 512 g/mol. The summed E-state index contributed by atoms with van der Waals surface area (Å²) >= 11 is 14.3. The lowest BCUT2D eigenvalue weighted by molar-refractivity contribution is 0.251. The second kappa shape index (κ2) is 11.0. The van der Waals surface area contributed by atoms with Gasteiger partial charge in [0.1, 0.15) is 0 Å². The Hall–Kier alpha value is -3.00. The smallest absolute Gasteiger partial charge is 0.319 e. The maximum absolute atomic E-state index is 12.5. The third-order valence-corrected chi connectivity index (χ3v) is 6.79. The fraction of sp³-hybridized carbons (Fsp3) is 0.160. The van der Waals surface area contributed by atoms with Crippen LogP contribution in [0.3, 0.4) is 0 Å². The van der Waals surface area contributed by atoms with Crippen molar-refractivity contribution in [3.63, 3.8) is 0 Å². The quantitative estimate of drug-likeness (QED) is 0.267. The Kier molecular flexibility index (Phi) is 7.77. The lowest BCUT2D eigenvalue weighted by Crippen LogP contribution is -2.29. The van der Waals surface area contributed by atoms with E-state index in [-0.39, 0.29) is 12.6 Å². The summed E-state index contributed by atoms with van der Waals surface area (Å²) in [6.45, 7) is 4.18. The van der Waals surface area contributed by atoms with E-state index in [1.165, 1.54) is 11.8 Å². The van der Waals surface area contributed by atoms with Crippen LogP contribution in [0.1, 0.15) is 22.5 Å². The molecule has 9 heteroatoms. The first kappa shape index (κ1) is 24.1. The third kappa shape index (κ3) is 5.91. The van der Waals surface area contributed by atoms with Crippen LogP contribution in [0.2, 0.25) is 10.0 Å². The molecule has 0 saturated carbocycles. The zero-order chi connectivity index (χ0) is 24.1. The minimum absolute atomic E-state index is 0.151. The van der Waals surface area contributed by atoms with Crippen LogP contribution in [0, 0.1) is 13.8 Å². The van der Waals surface area contributed by atoms with Gasteiger partial charge >= 0.3 is 6.03 Å². The molecule has 0 atom stereocenters. The number of hydrogen-bond donors (Lipinski definition) is 2. The Bertz CT molecular complexity index is 1310. The molecule has 0 aliphatic rings. The number of urea groups is 1. The van der Waals surface area contributed by atoms with Gasteiger partial charge in [-0.3, -0.25) is 4.57 Å². The molecule has 34 heavy (non-hydrogen) atoms. The highest BCUT2D eigenvalue weighted by Crippen LogP contribution is 2.31. The lowest BCUT2D eigenvalue weighted by Gasteiger charge is -2.13. The minimum Gasteiger partial charge on any atom is -0.331 e. The molecule has 0 unspecified atom stereocenters. The molecule has 2 amide bonds. The highest BCUT2D eigenvalue weighted by Gasteiger charge is 2.18. The normalized spacial score (nSPS) is 10.8. The van der Waals surface area contributed by atoms with Gasteiger partial charge in [0, 0.05) is 16.5 Å². The molecule has 1 heterocycles. The predicted molar refractivity (Wildman–Crippen MR) is 139 cm³/mol. The number of amides is 2. The lowest BCUT2D eigenvalue weighted by atomic mass is 10.1. The van der Waals surface area contributed by atoms with Gasteiger partial charge in [-0.05, 0) is 60.9 Å². The molecule has 1 aromatic heterocycles. The molecule has 4 rings (SSSR count). The number of hydrogen-bond acceptors (Lipinski definition) is 4. The molecule has 4 aromatic rings. The highest BCUT2D eigenvalue weighted by molar-refractivity contribution is 7.98. The number of nitrogens with one attached hydrogen (secondary N) is 2. The topological polar surface area (TPSA) is 71.8 Å². The van der Waals surface area contributed by atoms with Crippen molar-refractivity contribution in [3.05, 3.63) is 99.3 Å². The number of aryl methyl sites for hydroxylation is 2. The Morgan fingerprint density at radius 1 is 0.971 bits per heavy atom. The fourth-order valence-electron chi connectivity index (χ4n) is 3.28. The zero-order valence-corrected chi connectivity index (χ0v) is 21.0. The van der Waals surface area contributed by atoms with Crippen molar-refractivity contribution in [2.75, 3.05) is 5.32 Å². The number of halogens is 2.